The van der Waals surface area contributed by atoms with Gasteiger partial charge in [-0.1, -0.05) is 60.7 Å². The van der Waals surface area contributed by atoms with E-state index >= 15 is 0 Å². The van der Waals surface area contributed by atoms with Crippen molar-refractivity contribution in [3.63, 3.8) is 0 Å². The summed E-state index contributed by atoms with van der Waals surface area (Å²) in [5, 5.41) is 5.23. The highest BCUT2D eigenvalue weighted by molar-refractivity contribution is 7.86. The Labute approximate surface area is 137 Å². The molecule has 1 saturated heterocycles. The molecule has 1 heterocycles. The van der Waals surface area contributed by atoms with Crippen molar-refractivity contribution in [1.29, 1.82) is 0 Å². The molecule has 0 amide bonds. The van der Waals surface area contributed by atoms with E-state index in [4.69, 9.17) is 5.14 Å². The Morgan fingerprint density at radius 2 is 1.22 bits per heavy atom. The molecule has 1 fully saturated rings. The van der Waals surface area contributed by atoms with E-state index in [1.165, 1.54) is 15.4 Å². The molecule has 0 saturated carbocycles. The van der Waals surface area contributed by atoms with Crippen LogP contribution in [0.25, 0.3) is 0 Å². The van der Waals surface area contributed by atoms with Gasteiger partial charge in [0.25, 0.3) is 10.2 Å². The molecule has 0 spiro atoms. The number of nitrogens with zero attached hydrogens (tertiary/aromatic N) is 2. The van der Waals surface area contributed by atoms with Gasteiger partial charge < -0.3 is 0 Å². The van der Waals surface area contributed by atoms with Crippen LogP contribution in [0, 0.1) is 0 Å². The van der Waals surface area contributed by atoms with Gasteiger partial charge >= 0.3 is 0 Å². The van der Waals surface area contributed by atoms with Crippen molar-refractivity contribution in [3.8, 4) is 0 Å². The van der Waals surface area contributed by atoms with Gasteiger partial charge in [0, 0.05) is 26.2 Å². The van der Waals surface area contributed by atoms with E-state index in [0.29, 0.717) is 26.2 Å². The van der Waals surface area contributed by atoms with E-state index in [0.717, 1.165) is 0 Å². The molecular weight excluding hydrogens is 310 g/mol. The van der Waals surface area contributed by atoms with Gasteiger partial charge in [0.2, 0.25) is 0 Å². The smallest absolute Gasteiger partial charge is 0.276 e. The largest absolute Gasteiger partial charge is 0.290 e. The first kappa shape index (κ1) is 16.1. The highest BCUT2D eigenvalue weighted by Gasteiger charge is 2.29. The maximum atomic E-state index is 11.5. The van der Waals surface area contributed by atoms with Crippen molar-refractivity contribution < 1.29 is 8.42 Å². The van der Waals surface area contributed by atoms with E-state index in [1.54, 1.807) is 0 Å². The second-order valence-electron chi connectivity index (χ2n) is 5.70. The van der Waals surface area contributed by atoms with Gasteiger partial charge in [-0.15, -0.1) is 0 Å². The number of nitrogens with two attached hydrogens (primary N) is 1. The first-order valence-corrected chi connectivity index (χ1v) is 9.18. The Balaban J connectivity index is 1.86. The lowest BCUT2D eigenvalue weighted by Crippen LogP contribution is -2.51. The van der Waals surface area contributed by atoms with Gasteiger partial charge in [-0.25, -0.2) is 5.14 Å². The summed E-state index contributed by atoms with van der Waals surface area (Å²) in [6.07, 6.45) is 0. The maximum Gasteiger partial charge on any atom is 0.276 e. The number of hydrogen-bond acceptors (Lipinski definition) is 3. The fraction of sp³-hybridized carbons (Fsp3) is 0.294. The van der Waals surface area contributed by atoms with E-state index in [2.05, 4.69) is 29.2 Å². The van der Waals surface area contributed by atoms with Crippen LogP contribution in [-0.4, -0.2) is 43.8 Å². The zero-order valence-electron chi connectivity index (χ0n) is 12.9. The third-order valence-electron chi connectivity index (χ3n) is 4.23. The van der Waals surface area contributed by atoms with Crippen LogP contribution in [0.3, 0.4) is 0 Å². The van der Waals surface area contributed by atoms with E-state index < -0.39 is 10.2 Å². The van der Waals surface area contributed by atoms with Gasteiger partial charge in [-0.2, -0.15) is 12.7 Å². The summed E-state index contributed by atoms with van der Waals surface area (Å²) in [7, 11) is -3.60. The normalized spacial score (nSPS) is 17.5. The molecule has 23 heavy (non-hydrogen) atoms. The van der Waals surface area contributed by atoms with Crippen molar-refractivity contribution >= 4 is 10.2 Å². The summed E-state index contributed by atoms with van der Waals surface area (Å²) < 4.78 is 24.3. The summed E-state index contributed by atoms with van der Waals surface area (Å²) in [5.41, 5.74) is 2.42. The minimum Gasteiger partial charge on any atom is -0.290 e. The van der Waals surface area contributed by atoms with Crippen LogP contribution >= 0.6 is 0 Å². The Bertz CT molecular complexity index is 687. The molecule has 0 radical (unpaired) electrons. The third-order valence-corrected chi connectivity index (χ3v) is 5.31. The highest BCUT2D eigenvalue weighted by Crippen LogP contribution is 2.29. The molecule has 3 rings (SSSR count). The quantitative estimate of drug-likeness (QED) is 0.925. The average Bonchev–Trinajstić information content (AvgIpc) is 2.57. The first-order valence-electron chi connectivity index (χ1n) is 7.67. The number of rotatable bonds is 4. The van der Waals surface area contributed by atoms with Gasteiger partial charge in [0.1, 0.15) is 0 Å². The Morgan fingerprint density at radius 1 is 0.783 bits per heavy atom. The SMILES string of the molecule is NS(=O)(=O)N1CCN(C(c2ccccc2)c2ccccc2)CC1. The molecule has 2 aromatic rings. The first-order chi connectivity index (χ1) is 11.1. The molecule has 0 aromatic heterocycles. The predicted octanol–water partition coefficient (Wildman–Crippen LogP) is 1.60. The van der Waals surface area contributed by atoms with Gasteiger partial charge in [0.15, 0.2) is 0 Å². The summed E-state index contributed by atoms with van der Waals surface area (Å²) in [6.45, 7) is 2.17. The Morgan fingerprint density at radius 3 is 1.61 bits per heavy atom. The summed E-state index contributed by atoms with van der Waals surface area (Å²) in [4.78, 5) is 2.31. The minimum atomic E-state index is -3.60. The zero-order chi connectivity index (χ0) is 16.3. The Hall–Kier alpha value is -1.73. The van der Waals surface area contributed by atoms with Crippen LogP contribution in [0.1, 0.15) is 17.2 Å². The number of hydrogen-bond donors (Lipinski definition) is 1. The monoisotopic (exact) mass is 331 g/mol. The van der Waals surface area contributed by atoms with E-state index in [1.807, 2.05) is 36.4 Å². The Kier molecular flexibility index (Phi) is 4.77. The highest BCUT2D eigenvalue weighted by atomic mass is 32.2. The second-order valence-corrected chi connectivity index (χ2v) is 7.25. The molecule has 0 aliphatic carbocycles. The summed E-state index contributed by atoms with van der Waals surface area (Å²) in [5.74, 6) is 0. The molecular formula is C17H21N3O2S. The number of benzene rings is 2. The topological polar surface area (TPSA) is 66.6 Å². The zero-order valence-corrected chi connectivity index (χ0v) is 13.7. The van der Waals surface area contributed by atoms with Crippen molar-refractivity contribution in [2.45, 2.75) is 6.04 Å². The average molecular weight is 331 g/mol. The fourth-order valence-electron chi connectivity index (χ4n) is 3.10. The molecule has 122 valence electrons. The molecule has 5 nitrogen and oxygen atoms in total. The van der Waals surface area contributed by atoms with Crippen molar-refractivity contribution in [3.05, 3.63) is 71.8 Å². The summed E-state index contributed by atoms with van der Waals surface area (Å²) in [6, 6.07) is 20.7. The van der Waals surface area contributed by atoms with Gasteiger partial charge in [0.05, 0.1) is 6.04 Å². The van der Waals surface area contributed by atoms with Crippen molar-refractivity contribution in [1.82, 2.24) is 9.21 Å². The standard InChI is InChI=1S/C17H21N3O2S/c18-23(21,22)20-13-11-19(12-14-20)17(15-7-3-1-4-8-15)16-9-5-2-6-10-16/h1-10,17H,11-14H2,(H2,18,21,22). The van der Waals surface area contributed by atoms with Crippen LogP contribution < -0.4 is 5.14 Å². The van der Waals surface area contributed by atoms with E-state index in [-0.39, 0.29) is 6.04 Å². The van der Waals surface area contributed by atoms with Crippen molar-refractivity contribution in [2.75, 3.05) is 26.2 Å². The van der Waals surface area contributed by atoms with E-state index in [9.17, 15) is 8.42 Å². The van der Waals surface area contributed by atoms with Gasteiger partial charge in [-0.05, 0) is 11.1 Å². The molecule has 2 N–H and O–H groups in total. The number of piperazine rings is 1. The lowest BCUT2D eigenvalue weighted by Gasteiger charge is -2.38. The lowest BCUT2D eigenvalue weighted by molar-refractivity contribution is 0.156. The molecule has 6 heteroatoms. The maximum absolute atomic E-state index is 11.5. The second kappa shape index (κ2) is 6.80. The fourth-order valence-corrected chi connectivity index (χ4v) is 3.77. The predicted molar refractivity (Wildman–Crippen MR) is 91.0 cm³/mol. The van der Waals surface area contributed by atoms with Crippen LogP contribution in [-0.2, 0) is 10.2 Å². The minimum absolute atomic E-state index is 0.125. The molecule has 1 aliphatic rings. The van der Waals surface area contributed by atoms with Crippen LogP contribution in [0.15, 0.2) is 60.7 Å². The molecule has 0 unspecified atom stereocenters. The molecule has 1 aliphatic heterocycles. The molecule has 0 bridgehead atoms. The van der Waals surface area contributed by atoms with Crippen molar-refractivity contribution in [2.24, 2.45) is 5.14 Å². The van der Waals surface area contributed by atoms with Crippen LogP contribution in [0.4, 0.5) is 0 Å². The van der Waals surface area contributed by atoms with Crippen LogP contribution in [0.5, 0.6) is 0 Å². The third kappa shape index (κ3) is 3.79. The van der Waals surface area contributed by atoms with Crippen LogP contribution in [0.2, 0.25) is 0 Å². The summed E-state index contributed by atoms with van der Waals surface area (Å²) >= 11 is 0. The van der Waals surface area contributed by atoms with Gasteiger partial charge in [-0.3, -0.25) is 4.90 Å². The lowest BCUT2D eigenvalue weighted by atomic mass is 9.96. The molecule has 0 atom stereocenters. The molecule has 2 aromatic carbocycles.